The molecule has 1 atom stereocenters. The Morgan fingerprint density at radius 1 is 1.08 bits per heavy atom. The second-order valence-electron chi connectivity index (χ2n) is 7.35. The molecular weight excluding hydrogens is 334 g/mol. The molecule has 0 saturated heterocycles. The normalized spacial score (nSPS) is 13.1. The third-order valence-corrected chi connectivity index (χ3v) is 3.85. The van der Waals surface area contributed by atoms with E-state index in [2.05, 4.69) is 4.90 Å². The summed E-state index contributed by atoms with van der Waals surface area (Å²) in [6, 6.07) is 5.89. The first-order chi connectivity index (χ1) is 12.3. The monoisotopic (exact) mass is 369 g/mol. The van der Waals surface area contributed by atoms with Crippen molar-refractivity contribution in [3.8, 4) is 11.5 Å². The maximum Gasteiger partial charge on any atom is 0.161 e. The highest BCUT2D eigenvalue weighted by Crippen LogP contribution is 2.28. The van der Waals surface area contributed by atoms with Gasteiger partial charge in [0, 0.05) is 33.4 Å². The zero-order valence-electron chi connectivity index (χ0n) is 17.1. The number of methoxy groups -OCH3 is 3. The molecule has 1 rings (SSSR count). The Labute approximate surface area is 158 Å². The highest BCUT2D eigenvalue weighted by Gasteiger charge is 2.17. The smallest absolute Gasteiger partial charge is 0.161 e. The van der Waals surface area contributed by atoms with Crippen molar-refractivity contribution in [3.63, 3.8) is 0 Å². The van der Waals surface area contributed by atoms with Gasteiger partial charge >= 0.3 is 0 Å². The number of aliphatic hydroxyl groups is 1. The molecule has 6 nitrogen and oxygen atoms in total. The van der Waals surface area contributed by atoms with Crippen LogP contribution in [0.15, 0.2) is 18.2 Å². The number of benzene rings is 1. The minimum Gasteiger partial charge on any atom is -0.493 e. The van der Waals surface area contributed by atoms with Crippen LogP contribution >= 0.6 is 0 Å². The first-order valence-electron chi connectivity index (χ1n) is 9.03. The van der Waals surface area contributed by atoms with E-state index in [1.807, 2.05) is 39.0 Å². The molecule has 0 aromatic heterocycles. The van der Waals surface area contributed by atoms with Gasteiger partial charge in [-0.2, -0.15) is 0 Å². The van der Waals surface area contributed by atoms with Crippen LogP contribution in [0.1, 0.15) is 32.8 Å². The molecule has 1 aromatic carbocycles. The van der Waals surface area contributed by atoms with Crippen molar-refractivity contribution in [1.29, 1.82) is 0 Å². The molecule has 0 aliphatic rings. The van der Waals surface area contributed by atoms with Crippen molar-refractivity contribution < 1.29 is 24.1 Å². The van der Waals surface area contributed by atoms with Crippen molar-refractivity contribution in [2.24, 2.45) is 0 Å². The molecule has 0 heterocycles. The van der Waals surface area contributed by atoms with E-state index in [1.54, 1.807) is 21.3 Å². The van der Waals surface area contributed by atoms with E-state index >= 15 is 0 Å². The van der Waals surface area contributed by atoms with Gasteiger partial charge in [-0.05, 0) is 44.9 Å². The zero-order chi connectivity index (χ0) is 19.6. The molecule has 0 fully saturated rings. The molecule has 0 aliphatic carbocycles. The first kappa shape index (κ1) is 22.7. The molecule has 0 spiro atoms. The van der Waals surface area contributed by atoms with Gasteiger partial charge in [-0.3, -0.25) is 4.90 Å². The Morgan fingerprint density at radius 3 is 2.35 bits per heavy atom. The third kappa shape index (κ3) is 8.85. The number of nitrogens with zero attached hydrogens (tertiary/aromatic N) is 1. The standard InChI is InChI=1S/C20H35NO5/c1-20(2,3)26-15-17(22)14-21(10-7-11-23-4)13-16-8-9-18(24-5)19(12-16)25-6/h8-9,12,17,22H,7,10-11,13-15H2,1-6H3/t17-/m0/s1. The van der Waals surface area contributed by atoms with Crippen LogP contribution in [0.3, 0.4) is 0 Å². The van der Waals surface area contributed by atoms with Crippen molar-refractivity contribution >= 4 is 0 Å². The fourth-order valence-corrected chi connectivity index (χ4v) is 2.60. The number of hydrogen-bond donors (Lipinski definition) is 1. The fraction of sp³-hybridized carbons (Fsp3) is 0.700. The quantitative estimate of drug-likeness (QED) is 0.572. The largest absolute Gasteiger partial charge is 0.493 e. The maximum atomic E-state index is 10.4. The summed E-state index contributed by atoms with van der Waals surface area (Å²) in [4.78, 5) is 2.21. The molecule has 0 radical (unpaired) electrons. The van der Waals surface area contributed by atoms with Gasteiger partial charge in [0.05, 0.1) is 32.5 Å². The SMILES string of the molecule is COCCCN(Cc1ccc(OC)c(OC)c1)C[C@H](O)COC(C)(C)C. The topological polar surface area (TPSA) is 60.4 Å². The first-order valence-corrected chi connectivity index (χ1v) is 9.03. The van der Waals surface area contributed by atoms with Crippen LogP contribution in [0.2, 0.25) is 0 Å². The van der Waals surface area contributed by atoms with Crippen LogP contribution in [0, 0.1) is 0 Å². The molecule has 6 heteroatoms. The van der Waals surface area contributed by atoms with Crippen LogP contribution < -0.4 is 9.47 Å². The van der Waals surface area contributed by atoms with Crippen LogP contribution in [-0.2, 0) is 16.0 Å². The molecule has 0 aliphatic heterocycles. The molecule has 0 saturated carbocycles. The number of hydrogen-bond acceptors (Lipinski definition) is 6. The molecule has 0 amide bonds. The second kappa shape index (κ2) is 11.4. The minimum absolute atomic E-state index is 0.259. The highest BCUT2D eigenvalue weighted by molar-refractivity contribution is 5.42. The van der Waals surface area contributed by atoms with Crippen molar-refractivity contribution in [1.82, 2.24) is 4.90 Å². The van der Waals surface area contributed by atoms with Gasteiger partial charge in [0.2, 0.25) is 0 Å². The number of ether oxygens (including phenoxy) is 4. The zero-order valence-corrected chi connectivity index (χ0v) is 17.1. The Kier molecular flexibility index (Phi) is 9.94. The Hall–Kier alpha value is -1.34. The number of aliphatic hydroxyl groups excluding tert-OH is 1. The lowest BCUT2D eigenvalue weighted by Crippen LogP contribution is -2.37. The summed E-state index contributed by atoms with van der Waals surface area (Å²) in [5, 5.41) is 10.4. The van der Waals surface area contributed by atoms with E-state index in [4.69, 9.17) is 18.9 Å². The van der Waals surface area contributed by atoms with Gasteiger partial charge in [-0.25, -0.2) is 0 Å². The lowest BCUT2D eigenvalue weighted by Gasteiger charge is -2.27. The van der Waals surface area contributed by atoms with E-state index < -0.39 is 6.10 Å². The molecule has 26 heavy (non-hydrogen) atoms. The summed E-state index contributed by atoms with van der Waals surface area (Å²) in [6.07, 6.45) is 0.355. The Bertz CT molecular complexity index is 515. The Balaban J connectivity index is 2.73. The van der Waals surface area contributed by atoms with Crippen molar-refractivity contribution in [2.75, 3.05) is 47.6 Å². The van der Waals surface area contributed by atoms with Gasteiger partial charge in [0.25, 0.3) is 0 Å². The third-order valence-electron chi connectivity index (χ3n) is 3.85. The van der Waals surface area contributed by atoms with E-state index in [9.17, 15) is 5.11 Å². The summed E-state index contributed by atoms with van der Waals surface area (Å²) in [7, 11) is 4.95. The van der Waals surface area contributed by atoms with Gasteiger partial charge in [-0.1, -0.05) is 6.07 Å². The summed E-state index contributed by atoms with van der Waals surface area (Å²) >= 11 is 0. The minimum atomic E-state index is -0.545. The summed E-state index contributed by atoms with van der Waals surface area (Å²) < 4.78 is 21.5. The molecule has 1 aromatic rings. The van der Waals surface area contributed by atoms with E-state index in [-0.39, 0.29) is 5.60 Å². The lowest BCUT2D eigenvalue weighted by molar-refractivity contribution is -0.0569. The van der Waals surface area contributed by atoms with Gasteiger partial charge in [0.15, 0.2) is 11.5 Å². The highest BCUT2D eigenvalue weighted by atomic mass is 16.5. The van der Waals surface area contributed by atoms with Gasteiger partial charge < -0.3 is 24.1 Å². The van der Waals surface area contributed by atoms with E-state index in [1.165, 1.54) is 0 Å². The summed E-state index contributed by atoms with van der Waals surface area (Å²) in [5.41, 5.74) is 0.842. The van der Waals surface area contributed by atoms with E-state index in [0.717, 1.165) is 18.5 Å². The van der Waals surface area contributed by atoms with Crippen molar-refractivity contribution in [2.45, 2.75) is 45.4 Å². The predicted octanol–water partition coefficient (Wildman–Crippen LogP) is 2.72. The maximum absolute atomic E-state index is 10.4. The lowest BCUT2D eigenvalue weighted by atomic mass is 10.1. The molecule has 150 valence electrons. The van der Waals surface area contributed by atoms with Crippen LogP contribution in [-0.4, -0.2) is 69.3 Å². The second-order valence-corrected chi connectivity index (χ2v) is 7.35. The molecule has 1 N–H and O–H groups in total. The fourth-order valence-electron chi connectivity index (χ4n) is 2.60. The van der Waals surface area contributed by atoms with E-state index in [0.29, 0.717) is 37.8 Å². The van der Waals surface area contributed by atoms with Crippen LogP contribution in [0.5, 0.6) is 11.5 Å². The molecule has 0 bridgehead atoms. The van der Waals surface area contributed by atoms with Gasteiger partial charge in [0.1, 0.15) is 0 Å². The summed E-state index contributed by atoms with van der Waals surface area (Å²) in [5.74, 6) is 1.42. The summed E-state index contributed by atoms with van der Waals surface area (Å²) in [6.45, 7) is 9.03. The Morgan fingerprint density at radius 2 is 1.77 bits per heavy atom. The molecule has 0 unspecified atom stereocenters. The van der Waals surface area contributed by atoms with Crippen molar-refractivity contribution in [3.05, 3.63) is 23.8 Å². The number of rotatable bonds is 12. The predicted molar refractivity (Wildman–Crippen MR) is 103 cm³/mol. The average Bonchev–Trinajstić information content (AvgIpc) is 2.59. The average molecular weight is 370 g/mol. The van der Waals surface area contributed by atoms with Gasteiger partial charge in [-0.15, -0.1) is 0 Å². The molecular formula is C20H35NO5. The van der Waals surface area contributed by atoms with Crippen LogP contribution in [0.4, 0.5) is 0 Å². The van der Waals surface area contributed by atoms with Crippen LogP contribution in [0.25, 0.3) is 0 Å².